The van der Waals surface area contributed by atoms with Crippen molar-refractivity contribution < 1.29 is 14.3 Å². The average molecular weight is 544 g/mol. The summed E-state index contributed by atoms with van der Waals surface area (Å²) in [5, 5.41) is 12.1. The standard InChI is InChI=1S/C30H30ClN5O3/c1-39-25-17-15-24(16-18-25)32-30(38)29(22-7-3-2-4-8-22)35(19-21-11-13-23(31)14-12-21)28(37)20-36-27-10-6-5-9-26(27)33-34-36/h2-3,5-6,9-18,22,29H,4,7-8,19-20H2,1H3,(H,32,38). The molecule has 3 aromatic carbocycles. The molecule has 0 aliphatic heterocycles. The third kappa shape index (κ3) is 6.29. The van der Waals surface area contributed by atoms with Crippen LogP contribution < -0.4 is 10.1 Å². The van der Waals surface area contributed by atoms with Gasteiger partial charge in [-0.2, -0.15) is 0 Å². The van der Waals surface area contributed by atoms with Gasteiger partial charge < -0.3 is 15.0 Å². The monoisotopic (exact) mass is 543 g/mol. The van der Waals surface area contributed by atoms with Crippen LogP contribution in [-0.2, 0) is 22.7 Å². The van der Waals surface area contributed by atoms with Crippen LogP contribution in [0.2, 0.25) is 5.02 Å². The number of fused-ring (bicyclic) bond motifs is 1. The normalized spacial score (nSPS) is 15.6. The number of hydrogen-bond donors (Lipinski definition) is 1. The highest BCUT2D eigenvalue weighted by molar-refractivity contribution is 6.30. The number of para-hydroxylation sites is 1. The fraction of sp³-hybridized carbons (Fsp3) is 0.267. The number of benzene rings is 3. The second-order valence-electron chi connectivity index (χ2n) is 9.59. The zero-order valence-electron chi connectivity index (χ0n) is 21.7. The summed E-state index contributed by atoms with van der Waals surface area (Å²) in [4.78, 5) is 29.7. The van der Waals surface area contributed by atoms with E-state index in [2.05, 4.69) is 27.8 Å². The summed E-state index contributed by atoms with van der Waals surface area (Å²) in [6, 6.07) is 21.3. The van der Waals surface area contributed by atoms with Crippen LogP contribution in [0.4, 0.5) is 5.69 Å². The molecule has 2 amide bonds. The molecule has 4 aromatic rings. The van der Waals surface area contributed by atoms with Gasteiger partial charge in [0.05, 0.1) is 12.6 Å². The molecule has 0 bridgehead atoms. The number of amides is 2. The largest absolute Gasteiger partial charge is 0.497 e. The summed E-state index contributed by atoms with van der Waals surface area (Å²) in [7, 11) is 1.60. The molecular weight excluding hydrogens is 514 g/mol. The zero-order valence-corrected chi connectivity index (χ0v) is 22.4. The topological polar surface area (TPSA) is 89.4 Å². The van der Waals surface area contributed by atoms with E-state index in [9.17, 15) is 9.59 Å². The molecule has 0 fully saturated rings. The van der Waals surface area contributed by atoms with Gasteiger partial charge in [0.1, 0.15) is 23.9 Å². The number of nitrogens with zero attached hydrogens (tertiary/aromatic N) is 4. The number of anilines is 1. The third-order valence-corrected chi connectivity index (χ3v) is 7.26. The SMILES string of the molecule is COc1ccc(NC(=O)C(C2CC=CCC2)N(Cc2ccc(Cl)cc2)C(=O)Cn2nnc3ccccc32)cc1. The van der Waals surface area contributed by atoms with E-state index in [1.54, 1.807) is 53.1 Å². The highest BCUT2D eigenvalue weighted by Gasteiger charge is 2.37. The lowest BCUT2D eigenvalue weighted by atomic mass is 9.85. The maximum Gasteiger partial charge on any atom is 0.247 e. The van der Waals surface area contributed by atoms with Gasteiger partial charge in [-0.05, 0) is 79.3 Å². The summed E-state index contributed by atoms with van der Waals surface area (Å²) >= 11 is 6.13. The molecule has 9 heteroatoms. The zero-order chi connectivity index (χ0) is 27.2. The number of ether oxygens (including phenoxy) is 1. The molecule has 8 nitrogen and oxygen atoms in total. The van der Waals surface area contributed by atoms with Gasteiger partial charge in [-0.15, -0.1) is 5.10 Å². The minimum absolute atomic E-state index is 0.0387. The number of carbonyl (C=O) groups is 2. The summed E-state index contributed by atoms with van der Waals surface area (Å²) < 4.78 is 6.83. The Kier molecular flexibility index (Phi) is 8.22. The van der Waals surface area contributed by atoms with E-state index in [0.717, 1.165) is 23.9 Å². The summed E-state index contributed by atoms with van der Waals surface area (Å²) in [5.41, 5.74) is 2.99. The first-order valence-electron chi connectivity index (χ1n) is 12.9. The molecule has 1 aromatic heterocycles. The first kappa shape index (κ1) is 26.4. The van der Waals surface area contributed by atoms with Crippen LogP contribution in [0.25, 0.3) is 11.0 Å². The lowest BCUT2D eigenvalue weighted by Crippen LogP contribution is -2.52. The van der Waals surface area contributed by atoms with E-state index in [4.69, 9.17) is 16.3 Å². The Labute approximate surface area is 232 Å². The van der Waals surface area contributed by atoms with Gasteiger partial charge in [-0.1, -0.05) is 53.2 Å². The number of carbonyl (C=O) groups excluding carboxylic acids is 2. The average Bonchev–Trinajstić information content (AvgIpc) is 3.37. The summed E-state index contributed by atoms with van der Waals surface area (Å²) in [5.74, 6) is 0.204. The molecule has 2 atom stereocenters. The van der Waals surface area contributed by atoms with Gasteiger partial charge in [-0.25, -0.2) is 4.68 Å². The molecule has 0 spiro atoms. The fourth-order valence-corrected chi connectivity index (χ4v) is 5.11. The van der Waals surface area contributed by atoms with Crippen molar-refractivity contribution in [3.63, 3.8) is 0 Å². The molecule has 0 saturated carbocycles. The maximum atomic E-state index is 14.0. The number of rotatable bonds is 9. The van der Waals surface area contributed by atoms with E-state index >= 15 is 0 Å². The Bertz CT molecular complexity index is 1470. The van der Waals surface area contributed by atoms with E-state index in [1.807, 2.05) is 36.4 Å². The van der Waals surface area contributed by atoms with Crippen LogP contribution >= 0.6 is 11.6 Å². The molecule has 1 N–H and O–H groups in total. The molecule has 2 unspecified atom stereocenters. The van der Waals surface area contributed by atoms with Crippen LogP contribution in [0.15, 0.2) is 84.9 Å². The van der Waals surface area contributed by atoms with Crippen LogP contribution in [-0.4, -0.2) is 44.9 Å². The smallest absolute Gasteiger partial charge is 0.247 e. The fourth-order valence-electron chi connectivity index (χ4n) is 4.99. The lowest BCUT2D eigenvalue weighted by molar-refractivity contribution is -0.142. The second-order valence-corrected chi connectivity index (χ2v) is 10.0. The number of hydrogen-bond acceptors (Lipinski definition) is 5. The highest BCUT2D eigenvalue weighted by Crippen LogP contribution is 2.29. The summed E-state index contributed by atoms with van der Waals surface area (Å²) in [6.45, 7) is 0.215. The number of methoxy groups -OCH3 is 1. The van der Waals surface area contributed by atoms with Gasteiger partial charge in [0, 0.05) is 17.3 Å². The Hall–Kier alpha value is -4.17. The molecule has 0 radical (unpaired) electrons. The molecule has 5 rings (SSSR count). The first-order chi connectivity index (χ1) is 19.0. The predicted molar refractivity (Wildman–Crippen MR) is 151 cm³/mol. The second kappa shape index (κ2) is 12.1. The van der Waals surface area contributed by atoms with Gasteiger partial charge in [0.2, 0.25) is 11.8 Å². The minimum Gasteiger partial charge on any atom is -0.497 e. The van der Waals surface area contributed by atoms with Crippen molar-refractivity contribution in [2.24, 2.45) is 5.92 Å². The molecule has 1 aliphatic rings. The Morgan fingerprint density at radius 1 is 1.08 bits per heavy atom. The molecule has 1 aliphatic carbocycles. The first-order valence-corrected chi connectivity index (χ1v) is 13.3. The van der Waals surface area contributed by atoms with Crippen LogP contribution in [0, 0.1) is 5.92 Å². The van der Waals surface area contributed by atoms with E-state index in [0.29, 0.717) is 28.4 Å². The minimum atomic E-state index is -0.699. The lowest BCUT2D eigenvalue weighted by Gasteiger charge is -2.37. The number of aromatic nitrogens is 3. The molecule has 39 heavy (non-hydrogen) atoms. The van der Waals surface area contributed by atoms with Crippen molar-refractivity contribution in [2.45, 2.75) is 38.4 Å². The predicted octanol–water partition coefficient (Wildman–Crippen LogP) is 5.49. The van der Waals surface area contributed by atoms with Gasteiger partial charge in [-0.3, -0.25) is 9.59 Å². The number of allylic oxidation sites excluding steroid dienone is 2. The molecule has 0 saturated heterocycles. The van der Waals surface area contributed by atoms with E-state index < -0.39 is 6.04 Å². The van der Waals surface area contributed by atoms with Crippen molar-refractivity contribution in [1.29, 1.82) is 0 Å². The Balaban J connectivity index is 1.49. The van der Waals surface area contributed by atoms with Crippen molar-refractivity contribution in [3.05, 3.63) is 95.5 Å². The van der Waals surface area contributed by atoms with E-state index in [1.165, 1.54) is 0 Å². The third-order valence-electron chi connectivity index (χ3n) is 7.01. The molecular formula is C30H30ClN5O3. The van der Waals surface area contributed by atoms with Crippen molar-refractivity contribution in [3.8, 4) is 5.75 Å². The molecule has 1 heterocycles. The van der Waals surface area contributed by atoms with Crippen LogP contribution in [0.5, 0.6) is 5.75 Å². The maximum absolute atomic E-state index is 14.0. The quantitative estimate of drug-likeness (QED) is 0.282. The Morgan fingerprint density at radius 3 is 2.56 bits per heavy atom. The van der Waals surface area contributed by atoms with Gasteiger partial charge >= 0.3 is 0 Å². The summed E-state index contributed by atoms with van der Waals surface area (Å²) in [6.07, 6.45) is 6.58. The molecule has 200 valence electrons. The number of nitrogens with one attached hydrogen (secondary N) is 1. The van der Waals surface area contributed by atoms with Crippen molar-refractivity contribution in [1.82, 2.24) is 19.9 Å². The van der Waals surface area contributed by atoms with Crippen molar-refractivity contribution in [2.75, 3.05) is 12.4 Å². The van der Waals surface area contributed by atoms with Crippen molar-refractivity contribution >= 4 is 40.1 Å². The van der Waals surface area contributed by atoms with E-state index in [-0.39, 0.29) is 30.8 Å². The number of halogens is 1. The van der Waals surface area contributed by atoms with Crippen LogP contribution in [0.1, 0.15) is 24.8 Å². The van der Waals surface area contributed by atoms with Gasteiger partial charge in [0.15, 0.2) is 0 Å². The van der Waals surface area contributed by atoms with Crippen LogP contribution in [0.3, 0.4) is 0 Å². The van der Waals surface area contributed by atoms with Gasteiger partial charge in [0.25, 0.3) is 0 Å². The highest BCUT2D eigenvalue weighted by atomic mass is 35.5. The Morgan fingerprint density at radius 2 is 1.85 bits per heavy atom.